The van der Waals surface area contributed by atoms with Gasteiger partial charge in [-0.3, -0.25) is 9.69 Å². The fourth-order valence-electron chi connectivity index (χ4n) is 3.08. The number of ether oxygens (including phenoxy) is 2. The maximum Gasteiger partial charge on any atom is 0.234 e. The fraction of sp³-hybridized carbons (Fsp3) is 0.611. The molecule has 6 nitrogen and oxygen atoms in total. The highest BCUT2D eigenvalue weighted by atomic mass is 16.5. The van der Waals surface area contributed by atoms with Gasteiger partial charge < -0.3 is 20.1 Å². The topological polar surface area (TPSA) is 62.8 Å². The predicted molar refractivity (Wildman–Crippen MR) is 94.8 cm³/mol. The molecule has 24 heavy (non-hydrogen) atoms. The zero-order valence-corrected chi connectivity index (χ0v) is 14.9. The van der Waals surface area contributed by atoms with Gasteiger partial charge in [0.15, 0.2) is 11.5 Å². The lowest BCUT2D eigenvalue weighted by Gasteiger charge is -2.31. The van der Waals surface area contributed by atoms with Gasteiger partial charge in [0.05, 0.1) is 20.8 Å². The number of methoxy groups -OCH3 is 2. The van der Waals surface area contributed by atoms with E-state index in [1.54, 1.807) is 14.2 Å². The van der Waals surface area contributed by atoms with E-state index in [1.807, 2.05) is 25.2 Å². The van der Waals surface area contributed by atoms with Gasteiger partial charge in [0, 0.05) is 19.1 Å². The van der Waals surface area contributed by atoms with Gasteiger partial charge in [0.2, 0.25) is 5.91 Å². The number of amides is 1. The van der Waals surface area contributed by atoms with Crippen molar-refractivity contribution in [2.45, 2.75) is 25.3 Å². The Bertz CT molecular complexity index is 536. The highest BCUT2D eigenvalue weighted by Gasteiger charge is 2.20. The number of hydrogen-bond donors (Lipinski definition) is 2. The normalized spacial score (nSPS) is 18.2. The van der Waals surface area contributed by atoms with Gasteiger partial charge in [0.1, 0.15) is 0 Å². The van der Waals surface area contributed by atoms with Crippen LogP contribution in [0.3, 0.4) is 0 Å². The molecule has 1 aromatic rings. The molecule has 1 fully saturated rings. The van der Waals surface area contributed by atoms with Crippen molar-refractivity contribution in [3.8, 4) is 11.5 Å². The molecule has 1 amide bonds. The average Bonchev–Trinajstić information content (AvgIpc) is 2.61. The van der Waals surface area contributed by atoms with Crippen LogP contribution in [0.15, 0.2) is 18.2 Å². The highest BCUT2D eigenvalue weighted by molar-refractivity contribution is 5.78. The molecule has 0 spiro atoms. The number of piperidine rings is 1. The number of likely N-dealkylation sites (N-methyl/N-ethyl adjacent to an activating group) is 1. The van der Waals surface area contributed by atoms with E-state index in [-0.39, 0.29) is 5.91 Å². The summed E-state index contributed by atoms with van der Waals surface area (Å²) in [6.07, 6.45) is 3.10. The minimum Gasteiger partial charge on any atom is -0.493 e. The lowest BCUT2D eigenvalue weighted by molar-refractivity contribution is -0.122. The molecule has 1 aromatic carbocycles. The van der Waals surface area contributed by atoms with Crippen molar-refractivity contribution in [3.05, 3.63) is 23.8 Å². The van der Waals surface area contributed by atoms with Gasteiger partial charge in [-0.25, -0.2) is 0 Å². The van der Waals surface area contributed by atoms with Crippen LogP contribution < -0.4 is 20.1 Å². The van der Waals surface area contributed by atoms with Gasteiger partial charge in [-0.15, -0.1) is 0 Å². The van der Waals surface area contributed by atoms with Crippen molar-refractivity contribution in [3.63, 3.8) is 0 Å². The Kier molecular flexibility index (Phi) is 7.34. The van der Waals surface area contributed by atoms with Gasteiger partial charge in [0.25, 0.3) is 0 Å². The third kappa shape index (κ3) is 5.39. The largest absolute Gasteiger partial charge is 0.493 e. The van der Waals surface area contributed by atoms with Crippen molar-refractivity contribution < 1.29 is 14.3 Å². The minimum atomic E-state index is 0.0900. The second-order valence-corrected chi connectivity index (χ2v) is 6.15. The Morgan fingerprint density at radius 3 is 2.79 bits per heavy atom. The van der Waals surface area contributed by atoms with Crippen molar-refractivity contribution in [1.29, 1.82) is 0 Å². The van der Waals surface area contributed by atoms with Gasteiger partial charge in [-0.05, 0) is 50.6 Å². The van der Waals surface area contributed by atoms with E-state index in [1.165, 1.54) is 6.42 Å². The molecule has 0 radical (unpaired) electrons. The first-order valence-corrected chi connectivity index (χ1v) is 8.53. The van der Waals surface area contributed by atoms with Crippen LogP contribution in [0.4, 0.5) is 0 Å². The molecule has 134 valence electrons. The molecule has 1 unspecified atom stereocenters. The minimum absolute atomic E-state index is 0.0900. The van der Waals surface area contributed by atoms with Crippen LogP contribution in [0.5, 0.6) is 11.5 Å². The quantitative estimate of drug-likeness (QED) is 0.743. The number of carbonyl (C=O) groups excluding carboxylic acids is 1. The molecule has 0 aliphatic carbocycles. The summed E-state index contributed by atoms with van der Waals surface area (Å²) in [6.45, 7) is 3.04. The van der Waals surface area contributed by atoms with E-state index >= 15 is 0 Å². The lowest BCUT2D eigenvalue weighted by Crippen LogP contribution is -2.48. The van der Waals surface area contributed by atoms with E-state index in [0.717, 1.165) is 37.2 Å². The van der Waals surface area contributed by atoms with Gasteiger partial charge in [-0.1, -0.05) is 6.07 Å². The van der Waals surface area contributed by atoms with Crippen LogP contribution in [-0.4, -0.2) is 64.3 Å². The number of carbonyl (C=O) groups is 1. The summed E-state index contributed by atoms with van der Waals surface area (Å²) in [5, 5.41) is 6.30. The lowest BCUT2D eigenvalue weighted by atomic mass is 10.1. The third-order valence-corrected chi connectivity index (χ3v) is 4.46. The molecular weight excluding hydrogens is 306 g/mol. The Balaban J connectivity index is 1.74. The number of nitrogens with one attached hydrogen (secondary N) is 2. The summed E-state index contributed by atoms with van der Waals surface area (Å²) in [5.74, 6) is 1.52. The summed E-state index contributed by atoms with van der Waals surface area (Å²) in [6, 6.07) is 6.34. The Hall–Kier alpha value is -1.79. The zero-order chi connectivity index (χ0) is 17.4. The van der Waals surface area contributed by atoms with Crippen molar-refractivity contribution in [1.82, 2.24) is 15.5 Å². The molecule has 1 saturated heterocycles. The average molecular weight is 335 g/mol. The molecular formula is C18H29N3O3. The first kappa shape index (κ1) is 18.5. The van der Waals surface area contributed by atoms with Crippen LogP contribution in [0, 0.1) is 0 Å². The van der Waals surface area contributed by atoms with E-state index in [4.69, 9.17) is 9.47 Å². The maximum absolute atomic E-state index is 12.1. The van der Waals surface area contributed by atoms with Crippen LogP contribution >= 0.6 is 0 Å². The van der Waals surface area contributed by atoms with E-state index < -0.39 is 0 Å². The maximum atomic E-state index is 12.1. The summed E-state index contributed by atoms with van der Waals surface area (Å²) in [5.41, 5.74) is 1.11. The van der Waals surface area contributed by atoms with Gasteiger partial charge >= 0.3 is 0 Å². The van der Waals surface area contributed by atoms with E-state index in [9.17, 15) is 4.79 Å². The van der Waals surface area contributed by atoms with Crippen molar-refractivity contribution in [2.75, 3.05) is 47.4 Å². The van der Waals surface area contributed by atoms with Crippen LogP contribution in [0.25, 0.3) is 0 Å². The molecule has 1 heterocycles. The summed E-state index contributed by atoms with van der Waals surface area (Å²) in [4.78, 5) is 14.3. The first-order valence-electron chi connectivity index (χ1n) is 8.53. The number of rotatable bonds is 8. The van der Waals surface area contributed by atoms with Crippen molar-refractivity contribution >= 4 is 5.91 Å². The van der Waals surface area contributed by atoms with E-state index in [0.29, 0.717) is 24.9 Å². The molecule has 2 N–H and O–H groups in total. The highest BCUT2D eigenvalue weighted by Crippen LogP contribution is 2.27. The number of nitrogens with zero attached hydrogens (tertiary/aromatic N) is 1. The predicted octanol–water partition coefficient (Wildman–Crippen LogP) is 1.05. The summed E-state index contributed by atoms with van der Waals surface area (Å²) < 4.78 is 10.5. The zero-order valence-electron chi connectivity index (χ0n) is 14.9. The second kappa shape index (κ2) is 9.49. The smallest absolute Gasteiger partial charge is 0.234 e. The third-order valence-electron chi connectivity index (χ3n) is 4.46. The molecule has 0 aromatic heterocycles. The second-order valence-electron chi connectivity index (χ2n) is 6.15. The Morgan fingerprint density at radius 2 is 2.08 bits per heavy atom. The number of likely N-dealkylation sites (tertiary alicyclic amines) is 1. The van der Waals surface area contributed by atoms with Gasteiger partial charge in [-0.2, -0.15) is 0 Å². The molecule has 0 bridgehead atoms. The standard InChI is InChI=1S/C18H29N3O3/c1-19-15-5-4-10-21(12-15)13-18(22)20-9-8-14-6-7-16(23-2)17(11-14)24-3/h6-7,11,15,19H,4-5,8-10,12-13H2,1-3H3,(H,20,22). The number of benzene rings is 1. The number of hydrogen-bond acceptors (Lipinski definition) is 5. The molecule has 6 heteroatoms. The van der Waals surface area contributed by atoms with Crippen LogP contribution in [0.2, 0.25) is 0 Å². The van der Waals surface area contributed by atoms with Crippen molar-refractivity contribution in [2.24, 2.45) is 0 Å². The Labute approximate surface area is 144 Å². The first-order chi connectivity index (χ1) is 11.7. The summed E-state index contributed by atoms with van der Waals surface area (Å²) >= 11 is 0. The molecule has 2 rings (SSSR count). The fourth-order valence-corrected chi connectivity index (χ4v) is 3.08. The Morgan fingerprint density at radius 1 is 1.29 bits per heavy atom. The summed E-state index contributed by atoms with van der Waals surface area (Å²) in [7, 11) is 5.23. The molecule has 0 saturated carbocycles. The van der Waals surface area contributed by atoms with E-state index in [2.05, 4.69) is 15.5 Å². The van der Waals surface area contributed by atoms with Crippen LogP contribution in [-0.2, 0) is 11.2 Å². The van der Waals surface area contributed by atoms with Crippen LogP contribution in [0.1, 0.15) is 18.4 Å². The molecule has 1 aliphatic rings. The SMILES string of the molecule is CNC1CCCN(CC(=O)NCCc2ccc(OC)c(OC)c2)C1. The monoisotopic (exact) mass is 335 g/mol. The molecule has 1 aliphatic heterocycles. The molecule has 1 atom stereocenters.